The quantitative estimate of drug-likeness (QED) is 0.0375. The molecule has 1 atom stereocenters. The number of hydrogen-bond donors (Lipinski definition) is 1. The highest BCUT2D eigenvalue weighted by atomic mass is 16.6. The zero-order valence-electron chi connectivity index (χ0n) is 40.7. The van der Waals surface area contributed by atoms with Crippen molar-refractivity contribution in [3.63, 3.8) is 0 Å². The Morgan fingerprint density at radius 3 is 1.00 bits per heavy atom. The maximum absolute atomic E-state index is 12.3. The maximum Gasteiger partial charge on any atom is 0.306 e. The fourth-order valence-electron chi connectivity index (χ4n) is 6.41. The Hall–Kier alpha value is -4.22. The minimum absolute atomic E-state index is 0.116. The molecule has 0 aliphatic rings. The van der Waals surface area contributed by atoms with E-state index in [1.807, 2.05) is 12.2 Å². The van der Waals surface area contributed by atoms with E-state index >= 15 is 0 Å². The molecule has 1 N–H and O–H groups in total. The number of hydrogen-bond acceptors (Lipinski definition) is 5. The molecule has 0 aliphatic carbocycles. The van der Waals surface area contributed by atoms with E-state index in [1.54, 1.807) is 0 Å². The molecule has 0 aromatic carbocycles. The molecule has 0 aliphatic heterocycles. The molecule has 0 saturated carbocycles. The summed E-state index contributed by atoms with van der Waals surface area (Å²) in [7, 11) is 0. The SMILES string of the molecule is CC/C=C\C/C=C\C/C=C\C/C=C\C/C=C\C/C=C\CCCCCCCCCCCCCCC(=O)OC(CO)COC(=O)CC/C=C\C/C=C\C/C=C\C/C=C\C/C=C\C/C=C\CC. The summed E-state index contributed by atoms with van der Waals surface area (Å²) >= 11 is 0. The molecule has 0 heterocycles. The van der Waals surface area contributed by atoms with E-state index in [-0.39, 0.29) is 31.6 Å². The standard InChI is InChI=1S/C59H92O5/c1-3-5-7-9-11-13-15-17-19-21-23-24-25-26-27-28-29-30-31-32-33-34-36-38-40-42-44-46-48-50-52-54-59(62)64-57(55-60)56-63-58(61)53-51-49-47-45-43-41-39-37-35-22-20-18-16-14-12-10-8-6-4-2/h5-8,11-14,17-20,23-24,26-27,29-30,35,37,41,43,47,49,57,60H,3-4,9-10,15-16,21-22,25,28,31-34,36,38-40,42,44-46,48,50-56H2,1-2H3/b7-5-,8-6-,13-11-,14-12-,19-17-,20-18-,24-23-,27-26-,30-29-,37-35-,43-41-,49-47-. The highest BCUT2D eigenvalue weighted by Gasteiger charge is 2.16. The molecule has 5 heteroatoms. The van der Waals surface area contributed by atoms with Crippen LogP contribution in [0.4, 0.5) is 0 Å². The van der Waals surface area contributed by atoms with Gasteiger partial charge in [-0.25, -0.2) is 0 Å². The average molecular weight is 881 g/mol. The third kappa shape index (κ3) is 50.4. The number of ether oxygens (including phenoxy) is 2. The molecule has 0 aromatic rings. The van der Waals surface area contributed by atoms with Gasteiger partial charge in [-0.05, 0) is 103 Å². The van der Waals surface area contributed by atoms with Gasteiger partial charge in [-0.3, -0.25) is 9.59 Å². The lowest BCUT2D eigenvalue weighted by Crippen LogP contribution is -2.28. The van der Waals surface area contributed by atoms with Crippen LogP contribution in [0.15, 0.2) is 146 Å². The lowest BCUT2D eigenvalue weighted by atomic mass is 10.0. The van der Waals surface area contributed by atoms with E-state index in [9.17, 15) is 14.7 Å². The summed E-state index contributed by atoms with van der Waals surface area (Å²) < 4.78 is 10.6. The van der Waals surface area contributed by atoms with Gasteiger partial charge in [-0.15, -0.1) is 0 Å². The molecule has 0 saturated heterocycles. The lowest BCUT2D eigenvalue weighted by molar-refractivity contribution is -0.161. The minimum Gasteiger partial charge on any atom is -0.462 e. The molecular weight excluding hydrogens is 789 g/mol. The third-order valence-electron chi connectivity index (χ3n) is 10.1. The fourth-order valence-corrected chi connectivity index (χ4v) is 6.41. The lowest BCUT2D eigenvalue weighted by Gasteiger charge is -2.15. The Morgan fingerprint density at radius 2 is 0.656 bits per heavy atom. The Kier molecular flexibility index (Phi) is 49.6. The number of allylic oxidation sites excluding steroid dienone is 24. The van der Waals surface area contributed by atoms with E-state index in [1.165, 1.54) is 64.2 Å². The van der Waals surface area contributed by atoms with Gasteiger partial charge in [0.25, 0.3) is 0 Å². The monoisotopic (exact) mass is 881 g/mol. The zero-order chi connectivity index (χ0) is 46.3. The number of rotatable bonds is 44. The van der Waals surface area contributed by atoms with Gasteiger partial charge in [0.2, 0.25) is 0 Å². The van der Waals surface area contributed by atoms with Crippen molar-refractivity contribution in [2.75, 3.05) is 13.2 Å². The summed E-state index contributed by atoms with van der Waals surface area (Å²) in [5, 5.41) is 9.61. The van der Waals surface area contributed by atoms with Gasteiger partial charge in [0.1, 0.15) is 6.61 Å². The van der Waals surface area contributed by atoms with Crippen molar-refractivity contribution in [3.8, 4) is 0 Å². The Labute approximate surface area is 393 Å². The van der Waals surface area contributed by atoms with Crippen molar-refractivity contribution in [3.05, 3.63) is 146 Å². The fraction of sp³-hybridized carbons (Fsp3) is 0.559. The zero-order valence-corrected chi connectivity index (χ0v) is 40.7. The molecule has 0 amide bonds. The summed E-state index contributed by atoms with van der Waals surface area (Å²) in [6.45, 7) is 3.83. The Balaban J connectivity index is 3.64. The Morgan fingerprint density at radius 1 is 0.359 bits per heavy atom. The van der Waals surface area contributed by atoms with Crippen LogP contribution in [-0.2, 0) is 19.1 Å². The first-order chi connectivity index (χ1) is 31.6. The predicted molar refractivity (Wildman–Crippen MR) is 278 cm³/mol. The summed E-state index contributed by atoms with van der Waals surface area (Å²) in [6, 6.07) is 0. The summed E-state index contributed by atoms with van der Waals surface area (Å²) in [5.74, 6) is -0.702. The molecule has 358 valence electrons. The topological polar surface area (TPSA) is 72.8 Å². The van der Waals surface area contributed by atoms with E-state index < -0.39 is 6.10 Å². The highest BCUT2D eigenvalue weighted by molar-refractivity contribution is 5.70. The number of aliphatic hydroxyl groups excluding tert-OH is 1. The van der Waals surface area contributed by atoms with Crippen molar-refractivity contribution in [2.45, 2.75) is 200 Å². The largest absolute Gasteiger partial charge is 0.462 e. The van der Waals surface area contributed by atoms with E-state index in [0.717, 1.165) is 96.3 Å². The molecule has 0 fully saturated rings. The van der Waals surface area contributed by atoms with Crippen LogP contribution in [0.1, 0.15) is 194 Å². The van der Waals surface area contributed by atoms with Crippen molar-refractivity contribution < 1.29 is 24.2 Å². The van der Waals surface area contributed by atoms with Crippen LogP contribution in [0.25, 0.3) is 0 Å². The van der Waals surface area contributed by atoms with E-state index in [0.29, 0.717) is 12.8 Å². The predicted octanol–water partition coefficient (Wildman–Crippen LogP) is 17.1. The second-order valence-corrected chi connectivity index (χ2v) is 16.1. The van der Waals surface area contributed by atoms with Gasteiger partial charge in [0.05, 0.1) is 6.61 Å². The van der Waals surface area contributed by atoms with E-state index in [4.69, 9.17) is 9.47 Å². The van der Waals surface area contributed by atoms with Crippen LogP contribution in [0.2, 0.25) is 0 Å². The molecule has 0 spiro atoms. The summed E-state index contributed by atoms with van der Waals surface area (Å²) in [6.07, 6.45) is 80.9. The molecule has 0 aromatic heterocycles. The van der Waals surface area contributed by atoms with Crippen molar-refractivity contribution in [1.82, 2.24) is 0 Å². The highest BCUT2D eigenvalue weighted by Crippen LogP contribution is 2.14. The molecule has 64 heavy (non-hydrogen) atoms. The van der Waals surface area contributed by atoms with Gasteiger partial charge >= 0.3 is 11.9 Å². The van der Waals surface area contributed by atoms with Crippen LogP contribution in [0.3, 0.4) is 0 Å². The molecule has 0 radical (unpaired) electrons. The molecule has 5 nitrogen and oxygen atoms in total. The normalized spacial score (nSPS) is 13.5. The van der Waals surface area contributed by atoms with Gasteiger partial charge in [0.15, 0.2) is 6.10 Å². The third-order valence-corrected chi connectivity index (χ3v) is 10.1. The van der Waals surface area contributed by atoms with Crippen LogP contribution in [-0.4, -0.2) is 36.4 Å². The molecule has 1 unspecified atom stereocenters. The first-order valence-electron chi connectivity index (χ1n) is 25.4. The second kappa shape index (κ2) is 53.1. The summed E-state index contributed by atoms with van der Waals surface area (Å²) in [5.41, 5.74) is 0. The first-order valence-corrected chi connectivity index (χ1v) is 25.4. The van der Waals surface area contributed by atoms with Gasteiger partial charge in [-0.1, -0.05) is 224 Å². The van der Waals surface area contributed by atoms with Crippen LogP contribution in [0, 0.1) is 0 Å². The molecule has 0 bridgehead atoms. The molecule has 0 rings (SSSR count). The second-order valence-electron chi connectivity index (χ2n) is 16.1. The first kappa shape index (κ1) is 59.8. The number of carbonyl (C=O) groups excluding carboxylic acids is 2. The van der Waals surface area contributed by atoms with Crippen molar-refractivity contribution in [2.24, 2.45) is 0 Å². The van der Waals surface area contributed by atoms with Crippen molar-refractivity contribution >= 4 is 11.9 Å². The summed E-state index contributed by atoms with van der Waals surface area (Å²) in [4.78, 5) is 24.4. The van der Waals surface area contributed by atoms with Gasteiger partial charge in [-0.2, -0.15) is 0 Å². The van der Waals surface area contributed by atoms with Crippen LogP contribution < -0.4 is 0 Å². The van der Waals surface area contributed by atoms with Gasteiger partial charge < -0.3 is 14.6 Å². The number of unbranched alkanes of at least 4 members (excludes halogenated alkanes) is 12. The average Bonchev–Trinajstić information content (AvgIpc) is 3.30. The smallest absolute Gasteiger partial charge is 0.306 e. The molecular formula is C59H92O5. The Bertz CT molecular complexity index is 1410. The van der Waals surface area contributed by atoms with Crippen molar-refractivity contribution in [1.29, 1.82) is 0 Å². The maximum atomic E-state index is 12.3. The minimum atomic E-state index is -0.815. The van der Waals surface area contributed by atoms with Gasteiger partial charge in [0, 0.05) is 12.8 Å². The number of esters is 2. The van der Waals surface area contributed by atoms with Crippen LogP contribution in [0.5, 0.6) is 0 Å². The number of aliphatic hydroxyl groups is 1. The van der Waals surface area contributed by atoms with Crippen LogP contribution >= 0.6 is 0 Å². The van der Waals surface area contributed by atoms with E-state index in [2.05, 4.69) is 148 Å². The number of carbonyl (C=O) groups is 2.